The molecule has 2 aromatic heterocycles. The zero-order valence-corrected chi connectivity index (χ0v) is 25.5. The maximum absolute atomic E-state index is 4.02. The van der Waals surface area contributed by atoms with Crippen LogP contribution in [0, 0.1) is 0 Å². The zero-order chi connectivity index (χ0) is 23.4. The second kappa shape index (κ2) is 10.7. The molecule has 2 heterocycles. The minimum absolute atomic E-state index is 0. The SMILES string of the molecule is CC1=Cc2ccc(-n3cnnc3)cc2[C@@H]1[Zr+2]([C@H]1C(C)=Cc2ccc(-n3cnnc3)cc21)=[Si](C)C.[Cl-].[Cl-]. The van der Waals surface area contributed by atoms with Gasteiger partial charge in [-0.25, -0.2) is 0 Å². The van der Waals surface area contributed by atoms with E-state index < -0.39 is 25.8 Å². The third kappa shape index (κ3) is 4.53. The number of rotatable bonds is 4. The minimum Gasteiger partial charge on any atom is -1.00 e. The van der Waals surface area contributed by atoms with Crippen LogP contribution in [0.2, 0.25) is 13.1 Å². The average Bonchev–Trinajstić information content (AvgIpc) is 3.61. The van der Waals surface area contributed by atoms with E-state index in [0.29, 0.717) is 7.25 Å². The van der Waals surface area contributed by atoms with Crippen LogP contribution in [0.15, 0.2) is 72.9 Å². The summed E-state index contributed by atoms with van der Waals surface area (Å²) in [6, 6.07) is 13.7. The first-order chi connectivity index (χ1) is 16.5. The topological polar surface area (TPSA) is 61.4 Å². The van der Waals surface area contributed by atoms with Crippen molar-refractivity contribution in [2.45, 2.75) is 34.2 Å². The number of allylic oxidation sites excluding steroid dienone is 2. The van der Waals surface area contributed by atoms with Gasteiger partial charge in [0.05, 0.1) is 0 Å². The Balaban J connectivity index is 0.00000152. The molecule has 0 N–H and O–H groups in total. The first kappa shape index (κ1) is 26.9. The zero-order valence-electron chi connectivity index (χ0n) is 20.5. The first-order valence-electron chi connectivity index (χ1n) is 11.5. The number of benzene rings is 2. The Morgan fingerprint density at radius 1 is 0.667 bits per heavy atom. The van der Waals surface area contributed by atoms with Crippen molar-refractivity contribution in [1.29, 1.82) is 0 Å². The molecule has 36 heavy (non-hydrogen) atoms. The van der Waals surface area contributed by atoms with E-state index in [4.69, 9.17) is 0 Å². The van der Waals surface area contributed by atoms with Crippen LogP contribution in [0.4, 0.5) is 0 Å². The fourth-order valence-corrected chi connectivity index (χ4v) is 26.3. The molecule has 182 valence electrons. The molecule has 2 aliphatic carbocycles. The van der Waals surface area contributed by atoms with Crippen LogP contribution in [0.3, 0.4) is 0 Å². The van der Waals surface area contributed by atoms with Gasteiger partial charge in [-0.2, -0.15) is 0 Å². The largest absolute Gasteiger partial charge is 1.00 e. The Morgan fingerprint density at radius 3 is 1.42 bits per heavy atom. The normalized spacial score (nSPS) is 17.1. The van der Waals surface area contributed by atoms with E-state index in [0.717, 1.165) is 11.4 Å². The molecule has 0 unspecified atom stereocenters. The molecule has 2 aromatic carbocycles. The molecule has 0 radical (unpaired) electrons. The fraction of sp³-hybridized carbons (Fsp3) is 0.231. The van der Waals surface area contributed by atoms with E-state index in [1.165, 1.54) is 22.3 Å². The van der Waals surface area contributed by atoms with E-state index in [1.807, 2.05) is 9.13 Å². The third-order valence-corrected chi connectivity index (χ3v) is 27.0. The van der Waals surface area contributed by atoms with Crippen molar-refractivity contribution in [1.82, 2.24) is 29.5 Å². The van der Waals surface area contributed by atoms with Crippen molar-refractivity contribution in [3.63, 3.8) is 0 Å². The van der Waals surface area contributed by atoms with Gasteiger partial charge in [-0.15, -0.1) is 0 Å². The van der Waals surface area contributed by atoms with Crippen molar-refractivity contribution in [2.75, 3.05) is 0 Å². The quantitative estimate of drug-likeness (QED) is 0.288. The van der Waals surface area contributed by atoms with Gasteiger partial charge in [0.1, 0.15) is 0 Å². The molecule has 2 atom stereocenters. The molecule has 6 rings (SSSR count). The number of fused-ring (bicyclic) bond motifs is 2. The van der Waals surface area contributed by atoms with Gasteiger partial charge in [-0.05, 0) is 0 Å². The van der Waals surface area contributed by atoms with E-state index in [1.54, 1.807) is 36.5 Å². The molecule has 2 aliphatic rings. The van der Waals surface area contributed by atoms with E-state index >= 15 is 0 Å². The van der Waals surface area contributed by atoms with Crippen molar-refractivity contribution < 1.29 is 45.2 Å². The molecule has 10 heteroatoms. The predicted octanol–water partition coefficient (Wildman–Crippen LogP) is -0.658. The van der Waals surface area contributed by atoms with Crippen molar-refractivity contribution >= 4 is 17.6 Å². The van der Waals surface area contributed by atoms with Crippen molar-refractivity contribution in [2.24, 2.45) is 0 Å². The summed E-state index contributed by atoms with van der Waals surface area (Å²) in [6.07, 6.45) is 12.0. The average molecular weight is 613 g/mol. The van der Waals surface area contributed by atoms with Crippen LogP contribution >= 0.6 is 0 Å². The standard InChI is InChI=1S/2C12H10N3.C2H6Si.2ClH.Zr/c2*1-9-4-10-2-3-12(6-11(10)5-9)15-7-13-14-8-15;1-3-2;;;/h2*2-8H,1H3;1-2H3;2*1H;/q;;;;;+2/p-2. The maximum Gasteiger partial charge on any atom is -1.00 e. The van der Waals surface area contributed by atoms with Crippen LogP contribution in [0.1, 0.15) is 43.4 Å². The van der Waals surface area contributed by atoms with E-state index in [-0.39, 0.29) is 24.8 Å². The molecule has 0 aliphatic heterocycles. The maximum atomic E-state index is 4.02. The van der Waals surface area contributed by atoms with Crippen LogP contribution in [0.25, 0.3) is 23.5 Å². The summed E-state index contributed by atoms with van der Waals surface area (Å²) >= 11 is -2.09. The summed E-state index contributed by atoms with van der Waals surface area (Å²) in [7, 11) is 0. The summed E-state index contributed by atoms with van der Waals surface area (Å²) in [6.45, 7) is 9.83. The van der Waals surface area contributed by atoms with Gasteiger partial charge in [-0.3, -0.25) is 0 Å². The number of aromatic nitrogens is 6. The Labute approximate surface area is 231 Å². The number of nitrogens with zero attached hydrogens (tertiary/aromatic N) is 6. The fourth-order valence-electron chi connectivity index (χ4n) is 5.59. The molecular weight excluding hydrogens is 587 g/mol. The minimum atomic E-state index is -2.09. The summed E-state index contributed by atoms with van der Waals surface area (Å²) < 4.78 is 5.21. The van der Waals surface area contributed by atoms with Crippen molar-refractivity contribution in [3.8, 4) is 11.4 Å². The predicted molar refractivity (Wildman–Crippen MR) is 133 cm³/mol. The monoisotopic (exact) mass is 610 g/mol. The summed E-state index contributed by atoms with van der Waals surface area (Å²) in [5, 5.41) is 16.1. The van der Waals surface area contributed by atoms with Gasteiger partial charge < -0.3 is 24.8 Å². The van der Waals surface area contributed by atoms with Crippen LogP contribution in [-0.2, 0) is 20.4 Å². The number of hydrogen-bond acceptors (Lipinski definition) is 4. The molecule has 0 saturated carbocycles. The smallest absolute Gasteiger partial charge is 1.00 e. The Kier molecular flexibility index (Phi) is 8.01. The van der Waals surface area contributed by atoms with Gasteiger partial charge in [-0.1, -0.05) is 0 Å². The Morgan fingerprint density at radius 2 is 1.06 bits per heavy atom. The number of halogens is 2. The van der Waals surface area contributed by atoms with E-state index in [9.17, 15) is 0 Å². The molecule has 4 aromatic rings. The second-order valence-electron chi connectivity index (χ2n) is 9.46. The third-order valence-electron chi connectivity index (χ3n) is 7.07. The summed E-state index contributed by atoms with van der Waals surface area (Å²) in [5.74, 6) is 0. The van der Waals surface area contributed by atoms with Crippen LogP contribution in [0.5, 0.6) is 0 Å². The molecule has 0 saturated heterocycles. The first-order valence-corrected chi connectivity index (χ1v) is 20.6. The number of hydrogen-bond donors (Lipinski definition) is 0. The van der Waals surface area contributed by atoms with Gasteiger partial charge in [0.25, 0.3) is 0 Å². The van der Waals surface area contributed by atoms with Gasteiger partial charge in [0.2, 0.25) is 0 Å². The summed E-state index contributed by atoms with van der Waals surface area (Å²) in [4.78, 5) is 0. The van der Waals surface area contributed by atoms with Gasteiger partial charge in [0, 0.05) is 0 Å². The van der Waals surface area contributed by atoms with Crippen LogP contribution in [-0.4, -0.2) is 35.0 Å². The molecule has 0 amide bonds. The van der Waals surface area contributed by atoms with Crippen LogP contribution < -0.4 is 24.8 Å². The molecule has 0 bridgehead atoms. The van der Waals surface area contributed by atoms with Crippen molar-refractivity contribution in [3.05, 3.63) is 95.1 Å². The molecule has 0 fully saturated rings. The Hall–Kier alpha value is -2.12. The molecule has 6 nitrogen and oxygen atoms in total. The van der Waals surface area contributed by atoms with Gasteiger partial charge >= 0.3 is 208 Å². The molecule has 0 spiro atoms. The summed E-state index contributed by atoms with van der Waals surface area (Å²) in [5.41, 5.74) is 10.7. The van der Waals surface area contributed by atoms with E-state index in [2.05, 4.69) is 95.9 Å². The Bertz CT molecular complexity index is 1400. The molecular formula is C26H26Cl2N6SiZr. The van der Waals surface area contributed by atoms with Gasteiger partial charge in [0.15, 0.2) is 0 Å². The second-order valence-corrected chi connectivity index (χ2v) is 27.3.